The molecule has 0 aromatic heterocycles. The van der Waals surface area contributed by atoms with Gasteiger partial charge in [-0.15, -0.1) is 0 Å². The lowest BCUT2D eigenvalue weighted by atomic mass is 10.1. The second-order valence-corrected chi connectivity index (χ2v) is 6.73. The summed E-state index contributed by atoms with van der Waals surface area (Å²) in [5.74, 6) is 1.03. The minimum atomic E-state index is -0.214. The minimum absolute atomic E-state index is 0.00758. The Bertz CT molecular complexity index is 998. The lowest BCUT2D eigenvalue weighted by Gasteiger charge is -2.09. The third-order valence-electron chi connectivity index (χ3n) is 3.84. The van der Waals surface area contributed by atoms with Crippen LogP contribution in [0.5, 0.6) is 11.5 Å². The lowest BCUT2D eigenvalue weighted by molar-refractivity contribution is -0.123. The molecular formula is C21H17BrN2O3. The molecule has 0 saturated heterocycles. The monoisotopic (exact) mass is 424 g/mol. The third-order valence-corrected chi connectivity index (χ3v) is 4.33. The number of hydrogen-bond acceptors (Lipinski definition) is 4. The van der Waals surface area contributed by atoms with Crippen LogP contribution in [-0.4, -0.2) is 19.1 Å². The van der Waals surface area contributed by atoms with Crippen molar-refractivity contribution >= 4 is 32.6 Å². The number of halogens is 1. The molecule has 0 heterocycles. The molecular weight excluding hydrogens is 408 g/mol. The highest BCUT2D eigenvalue weighted by Crippen LogP contribution is 2.24. The van der Waals surface area contributed by atoms with E-state index in [0.717, 1.165) is 20.8 Å². The van der Waals surface area contributed by atoms with Crippen molar-refractivity contribution < 1.29 is 14.3 Å². The van der Waals surface area contributed by atoms with E-state index in [1.807, 2.05) is 54.6 Å². The first kappa shape index (κ1) is 18.7. The number of ether oxygens (including phenoxy) is 2. The summed E-state index contributed by atoms with van der Waals surface area (Å²) >= 11 is 3.45. The molecule has 6 heteroatoms. The average molecular weight is 425 g/mol. The predicted octanol–water partition coefficient (Wildman–Crippen LogP) is 4.20. The Labute approximate surface area is 165 Å². The molecule has 0 radical (unpaired) electrons. The zero-order valence-electron chi connectivity index (χ0n) is 14.4. The quantitative estimate of drug-likeness (QED) is 0.616. The molecule has 0 unspecified atom stereocenters. The fourth-order valence-electron chi connectivity index (χ4n) is 2.55. The summed E-state index contributed by atoms with van der Waals surface area (Å²) in [6, 6.07) is 20.9. The Hall–Kier alpha value is -3.04. The van der Waals surface area contributed by atoms with Crippen molar-refractivity contribution in [2.45, 2.75) is 6.54 Å². The Balaban J connectivity index is 1.51. The first-order valence-corrected chi connectivity index (χ1v) is 9.11. The fourth-order valence-corrected chi connectivity index (χ4v) is 2.92. The third kappa shape index (κ3) is 5.47. The van der Waals surface area contributed by atoms with Crippen molar-refractivity contribution in [3.8, 4) is 17.6 Å². The molecule has 1 amide bonds. The van der Waals surface area contributed by atoms with Crippen LogP contribution in [0.2, 0.25) is 0 Å². The van der Waals surface area contributed by atoms with Crippen molar-refractivity contribution in [3.05, 3.63) is 70.7 Å². The van der Waals surface area contributed by atoms with Gasteiger partial charge in [-0.25, -0.2) is 0 Å². The summed E-state index contributed by atoms with van der Waals surface area (Å²) in [5, 5.41) is 13.5. The summed E-state index contributed by atoms with van der Waals surface area (Å²) in [6.45, 7) is 0.288. The molecule has 3 rings (SSSR count). The van der Waals surface area contributed by atoms with Crippen LogP contribution in [0.25, 0.3) is 10.8 Å². The molecule has 0 atom stereocenters. The van der Waals surface area contributed by atoms with Gasteiger partial charge in [0.25, 0.3) is 5.91 Å². The zero-order chi connectivity index (χ0) is 19.1. The molecule has 3 aromatic rings. The number of hydrogen-bond donors (Lipinski definition) is 1. The Kier molecular flexibility index (Phi) is 6.29. The van der Waals surface area contributed by atoms with Crippen LogP contribution in [0, 0.1) is 11.3 Å². The van der Waals surface area contributed by atoms with Crippen LogP contribution >= 0.6 is 15.9 Å². The molecule has 0 saturated carbocycles. The summed E-state index contributed by atoms with van der Waals surface area (Å²) in [5.41, 5.74) is 0.884. The van der Waals surface area contributed by atoms with Crippen molar-refractivity contribution in [2.75, 3.05) is 13.2 Å². The van der Waals surface area contributed by atoms with Gasteiger partial charge in [-0.1, -0.05) is 40.2 Å². The molecule has 0 fully saturated rings. The molecule has 0 aliphatic heterocycles. The second kappa shape index (κ2) is 9.06. The van der Waals surface area contributed by atoms with E-state index in [2.05, 4.69) is 21.2 Å². The minimum Gasteiger partial charge on any atom is -0.484 e. The van der Waals surface area contributed by atoms with Crippen LogP contribution in [-0.2, 0) is 11.3 Å². The maximum atomic E-state index is 12.0. The number of nitriles is 1. The molecule has 0 aliphatic rings. The zero-order valence-corrected chi connectivity index (χ0v) is 16.0. The van der Waals surface area contributed by atoms with E-state index < -0.39 is 0 Å². The van der Waals surface area contributed by atoms with Crippen molar-refractivity contribution in [3.63, 3.8) is 0 Å². The van der Waals surface area contributed by atoms with Crippen LogP contribution in [0.15, 0.2) is 65.1 Å². The number of nitrogens with zero attached hydrogens (tertiary/aromatic N) is 1. The summed E-state index contributed by atoms with van der Waals surface area (Å²) in [7, 11) is 0. The van der Waals surface area contributed by atoms with Gasteiger partial charge >= 0.3 is 0 Å². The average Bonchev–Trinajstić information content (AvgIpc) is 2.69. The smallest absolute Gasteiger partial charge is 0.258 e. The van der Waals surface area contributed by atoms with Gasteiger partial charge in [0, 0.05) is 11.0 Å². The van der Waals surface area contributed by atoms with E-state index in [1.54, 1.807) is 12.1 Å². The van der Waals surface area contributed by atoms with Gasteiger partial charge in [0.05, 0.1) is 0 Å². The maximum absolute atomic E-state index is 12.0. The molecule has 5 nitrogen and oxygen atoms in total. The lowest BCUT2D eigenvalue weighted by Crippen LogP contribution is -2.28. The molecule has 0 spiro atoms. The fraction of sp³-hybridized carbons (Fsp3) is 0.143. The Morgan fingerprint density at radius 2 is 1.78 bits per heavy atom. The molecule has 3 aromatic carbocycles. The number of carbonyl (C=O) groups is 1. The summed E-state index contributed by atoms with van der Waals surface area (Å²) < 4.78 is 11.9. The van der Waals surface area contributed by atoms with E-state index >= 15 is 0 Å². The van der Waals surface area contributed by atoms with E-state index in [1.165, 1.54) is 0 Å². The topological polar surface area (TPSA) is 71.3 Å². The van der Waals surface area contributed by atoms with Crippen LogP contribution < -0.4 is 14.8 Å². The van der Waals surface area contributed by atoms with Gasteiger partial charge in [-0.3, -0.25) is 4.79 Å². The molecule has 27 heavy (non-hydrogen) atoms. The number of amides is 1. The van der Waals surface area contributed by atoms with Gasteiger partial charge in [-0.2, -0.15) is 5.26 Å². The normalized spacial score (nSPS) is 10.2. The first-order chi connectivity index (χ1) is 13.1. The van der Waals surface area contributed by atoms with Gasteiger partial charge in [0.2, 0.25) is 0 Å². The highest BCUT2D eigenvalue weighted by atomic mass is 79.9. The van der Waals surface area contributed by atoms with Crippen LogP contribution in [0.4, 0.5) is 0 Å². The van der Waals surface area contributed by atoms with Gasteiger partial charge in [0.1, 0.15) is 17.6 Å². The Morgan fingerprint density at radius 3 is 2.63 bits per heavy atom. The van der Waals surface area contributed by atoms with Crippen molar-refractivity contribution in [1.82, 2.24) is 5.32 Å². The number of benzene rings is 3. The Morgan fingerprint density at radius 1 is 1.00 bits per heavy atom. The van der Waals surface area contributed by atoms with Gasteiger partial charge < -0.3 is 14.8 Å². The number of fused-ring (bicyclic) bond motifs is 1. The number of carbonyl (C=O) groups excluding carboxylic acids is 1. The van der Waals surface area contributed by atoms with Gasteiger partial charge in [0.15, 0.2) is 13.2 Å². The predicted molar refractivity (Wildman–Crippen MR) is 107 cm³/mol. The number of rotatable bonds is 7. The highest BCUT2D eigenvalue weighted by Gasteiger charge is 2.05. The van der Waals surface area contributed by atoms with Crippen LogP contribution in [0.1, 0.15) is 5.56 Å². The SMILES string of the molecule is N#CCOc1cccc(CNC(=O)COc2ccc3cc(Br)ccc3c2)c1. The van der Waals surface area contributed by atoms with Crippen LogP contribution in [0.3, 0.4) is 0 Å². The molecule has 0 bridgehead atoms. The van der Waals surface area contributed by atoms with E-state index in [4.69, 9.17) is 14.7 Å². The van der Waals surface area contributed by atoms with E-state index in [0.29, 0.717) is 18.0 Å². The molecule has 0 aliphatic carbocycles. The second-order valence-electron chi connectivity index (χ2n) is 5.81. The summed E-state index contributed by atoms with van der Waals surface area (Å²) in [6.07, 6.45) is 0. The maximum Gasteiger partial charge on any atom is 0.258 e. The highest BCUT2D eigenvalue weighted by molar-refractivity contribution is 9.10. The first-order valence-electron chi connectivity index (χ1n) is 8.31. The summed E-state index contributed by atoms with van der Waals surface area (Å²) in [4.78, 5) is 12.0. The molecule has 1 N–H and O–H groups in total. The molecule has 136 valence electrons. The van der Waals surface area contributed by atoms with Gasteiger partial charge in [-0.05, 0) is 52.7 Å². The largest absolute Gasteiger partial charge is 0.484 e. The van der Waals surface area contributed by atoms with Crippen molar-refractivity contribution in [2.24, 2.45) is 0 Å². The van der Waals surface area contributed by atoms with E-state index in [-0.39, 0.29) is 19.1 Å². The van der Waals surface area contributed by atoms with Crippen molar-refractivity contribution in [1.29, 1.82) is 5.26 Å². The number of nitrogens with one attached hydrogen (secondary N) is 1. The van der Waals surface area contributed by atoms with E-state index in [9.17, 15) is 4.79 Å². The standard InChI is InChI=1S/C21H17BrN2O3/c22-18-6-4-17-12-20(7-5-16(17)11-18)27-14-21(25)24-13-15-2-1-3-19(10-15)26-9-8-23/h1-7,10-12H,9,13-14H2,(H,24,25).